The van der Waals surface area contributed by atoms with Crippen molar-refractivity contribution in [3.63, 3.8) is 0 Å². The molecule has 0 aromatic heterocycles. The van der Waals surface area contributed by atoms with Crippen molar-refractivity contribution in [2.45, 2.75) is 0 Å². The Morgan fingerprint density at radius 1 is 1.35 bits per heavy atom. The summed E-state index contributed by atoms with van der Waals surface area (Å²) in [5.74, 6) is -0.266. The lowest BCUT2D eigenvalue weighted by atomic mass is 10.2. The van der Waals surface area contributed by atoms with Gasteiger partial charge >= 0.3 is 5.97 Å². The monoisotopic (exact) mass is 232 g/mol. The second-order valence-corrected chi connectivity index (χ2v) is 4.01. The maximum absolute atomic E-state index is 11.6. The minimum Gasteiger partial charge on any atom is -0.461 e. The van der Waals surface area contributed by atoms with E-state index in [2.05, 4.69) is 6.67 Å². The van der Waals surface area contributed by atoms with E-state index in [1.165, 1.54) is 0 Å². The molecule has 0 N–H and O–H groups in total. The Kier molecular flexibility index (Phi) is 4.12. The first kappa shape index (κ1) is 12.1. The van der Waals surface area contributed by atoms with Gasteiger partial charge in [0.15, 0.2) is 0 Å². The number of nitrogens with zero attached hydrogens (tertiary/aromatic N) is 2. The van der Waals surface area contributed by atoms with Gasteiger partial charge in [0.1, 0.15) is 13.3 Å². The number of hydrogen-bond acceptors (Lipinski definition) is 4. The van der Waals surface area contributed by atoms with Crippen molar-refractivity contribution in [2.75, 3.05) is 33.3 Å². The standard InChI is InChI=1S/C13H16N2O2/c1-14-7-8-15(11-14)9-10-17-13(16)12-5-3-2-4-6-12/h2-6H,7-10H2,1H3. The molecular weight excluding hydrogens is 216 g/mol. The van der Waals surface area contributed by atoms with Crippen LogP contribution in [0.5, 0.6) is 0 Å². The molecule has 1 fully saturated rings. The van der Waals surface area contributed by atoms with Crippen LogP contribution in [0.4, 0.5) is 0 Å². The van der Waals surface area contributed by atoms with Gasteiger partial charge in [0.2, 0.25) is 0 Å². The van der Waals surface area contributed by atoms with Crippen LogP contribution < -0.4 is 0 Å². The van der Waals surface area contributed by atoms with E-state index >= 15 is 0 Å². The van der Waals surface area contributed by atoms with Crippen molar-refractivity contribution in [3.05, 3.63) is 42.6 Å². The van der Waals surface area contributed by atoms with Gasteiger partial charge in [0.25, 0.3) is 0 Å². The fourth-order valence-corrected chi connectivity index (χ4v) is 1.68. The van der Waals surface area contributed by atoms with Gasteiger partial charge in [-0.25, -0.2) is 4.79 Å². The lowest BCUT2D eigenvalue weighted by Crippen LogP contribution is -2.24. The molecule has 1 saturated heterocycles. The molecule has 1 aliphatic rings. The first-order valence-electron chi connectivity index (χ1n) is 5.70. The molecule has 0 aliphatic carbocycles. The first-order valence-corrected chi connectivity index (χ1v) is 5.70. The third kappa shape index (κ3) is 3.54. The molecule has 1 aliphatic heterocycles. The smallest absolute Gasteiger partial charge is 0.338 e. The number of carbonyl (C=O) groups excluding carboxylic acids is 1. The number of carbonyl (C=O) groups is 1. The molecule has 4 nitrogen and oxygen atoms in total. The summed E-state index contributed by atoms with van der Waals surface area (Å²) in [5, 5.41) is 0. The van der Waals surface area contributed by atoms with Crippen LogP contribution in [0.25, 0.3) is 0 Å². The van der Waals surface area contributed by atoms with E-state index < -0.39 is 0 Å². The molecule has 0 bridgehead atoms. The maximum Gasteiger partial charge on any atom is 0.338 e. The molecule has 90 valence electrons. The van der Waals surface area contributed by atoms with E-state index in [0.29, 0.717) is 18.7 Å². The van der Waals surface area contributed by atoms with Crippen LogP contribution in [0.1, 0.15) is 10.4 Å². The molecule has 2 radical (unpaired) electrons. The number of rotatable bonds is 4. The third-order valence-corrected chi connectivity index (χ3v) is 2.62. The molecule has 2 rings (SSSR count). The summed E-state index contributed by atoms with van der Waals surface area (Å²) in [6.07, 6.45) is 0. The highest BCUT2D eigenvalue weighted by molar-refractivity contribution is 5.89. The first-order chi connectivity index (χ1) is 8.25. The van der Waals surface area contributed by atoms with Crippen molar-refractivity contribution in [1.82, 2.24) is 9.80 Å². The average molecular weight is 232 g/mol. The van der Waals surface area contributed by atoms with Gasteiger partial charge in [-0.15, -0.1) is 0 Å². The van der Waals surface area contributed by atoms with Gasteiger partial charge < -0.3 is 4.74 Å². The number of esters is 1. The Labute approximate surface area is 102 Å². The molecule has 1 aromatic rings. The molecule has 17 heavy (non-hydrogen) atoms. The summed E-state index contributed by atoms with van der Waals surface area (Å²) >= 11 is 0. The van der Waals surface area contributed by atoms with Crippen LogP contribution in [0.2, 0.25) is 0 Å². The SMILES string of the molecule is CN1[C]N(CCOC(=O)c2ccccc2)CC1. The van der Waals surface area contributed by atoms with Gasteiger partial charge in [-0.1, -0.05) is 18.2 Å². The topological polar surface area (TPSA) is 32.8 Å². The zero-order valence-electron chi connectivity index (χ0n) is 9.93. The molecule has 0 spiro atoms. The van der Waals surface area contributed by atoms with E-state index in [1.54, 1.807) is 12.1 Å². The zero-order chi connectivity index (χ0) is 12.1. The lowest BCUT2D eigenvalue weighted by molar-refractivity contribution is 0.0478. The summed E-state index contributed by atoms with van der Waals surface area (Å²) < 4.78 is 5.19. The molecule has 4 heteroatoms. The summed E-state index contributed by atoms with van der Waals surface area (Å²) in [4.78, 5) is 15.6. The highest BCUT2D eigenvalue weighted by Gasteiger charge is 2.18. The van der Waals surface area contributed by atoms with Crippen LogP contribution in [0.3, 0.4) is 0 Å². The summed E-state index contributed by atoms with van der Waals surface area (Å²) in [7, 11) is 1.98. The summed E-state index contributed by atoms with van der Waals surface area (Å²) in [6.45, 7) is 6.16. The number of likely N-dealkylation sites (N-methyl/N-ethyl adjacent to an activating group) is 1. The maximum atomic E-state index is 11.6. The van der Waals surface area contributed by atoms with Crippen molar-refractivity contribution in [1.29, 1.82) is 0 Å². The van der Waals surface area contributed by atoms with Crippen LogP contribution >= 0.6 is 0 Å². The normalized spacial score (nSPS) is 17.2. The van der Waals surface area contributed by atoms with Crippen LogP contribution in [-0.4, -0.2) is 49.1 Å². The Morgan fingerprint density at radius 2 is 2.12 bits per heavy atom. The molecule has 0 saturated carbocycles. The highest BCUT2D eigenvalue weighted by Crippen LogP contribution is 2.06. The van der Waals surface area contributed by atoms with Crippen molar-refractivity contribution in [3.8, 4) is 0 Å². The van der Waals surface area contributed by atoms with Gasteiger partial charge in [0.05, 0.1) is 5.56 Å². The van der Waals surface area contributed by atoms with Crippen LogP contribution in [0.15, 0.2) is 30.3 Å². The number of ether oxygens (including phenoxy) is 1. The van der Waals surface area contributed by atoms with E-state index in [9.17, 15) is 4.79 Å². The van der Waals surface area contributed by atoms with Crippen LogP contribution in [0, 0.1) is 6.67 Å². The van der Waals surface area contributed by atoms with Crippen molar-refractivity contribution >= 4 is 5.97 Å². The van der Waals surface area contributed by atoms with Gasteiger partial charge in [-0.2, -0.15) is 0 Å². The fourth-order valence-electron chi connectivity index (χ4n) is 1.68. The average Bonchev–Trinajstić information content (AvgIpc) is 2.76. The summed E-state index contributed by atoms with van der Waals surface area (Å²) in [6, 6.07) is 9.04. The minimum absolute atomic E-state index is 0.266. The molecular formula is C13H16N2O2. The molecule has 1 aromatic carbocycles. The minimum atomic E-state index is -0.266. The number of benzene rings is 1. The second-order valence-electron chi connectivity index (χ2n) is 4.01. The van der Waals surface area contributed by atoms with Crippen LogP contribution in [-0.2, 0) is 4.74 Å². The predicted molar refractivity (Wildman–Crippen MR) is 64.2 cm³/mol. The van der Waals surface area contributed by atoms with E-state index in [1.807, 2.05) is 35.0 Å². The summed E-state index contributed by atoms with van der Waals surface area (Å²) in [5.41, 5.74) is 0.596. The fraction of sp³-hybridized carbons (Fsp3) is 0.385. The second kappa shape index (κ2) is 5.80. The van der Waals surface area contributed by atoms with Crippen molar-refractivity contribution < 1.29 is 9.53 Å². The van der Waals surface area contributed by atoms with Crippen molar-refractivity contribution in [2.24, 2.45) is 0 Å². The van der Waals surface area contributed by atoms with E-state index in [4.69, 9.17) is 4.74 Å². The Balaban J connectivity index is 1.70. The molecule has 0 atom stereocenters. The quantitative estimate of drug-likeness (QED) is 0.727. The van der Waals surface area contributed by atoms with Gasteiger partial charge in [-0.3, -0.25) is 9.80 Å². The Hall–Kier alpha value is -1.39. The lowest BCUT2D eigenvalue weighted by Gasteiger charge is -2.13. The molecule has 0 unspecified atom stereocenters. The highest BCUT2D eigenvalue weighted by atomic mass is 16.5. The zero-order valence-corrected chi connectivity index (χ0v) is 9.93. The molecule has 0 amide bonds. The largest absolute Gasteiger partial charge is 0.461 e. The Morgan fingerprint density at radius 3 is 2.76 bits per heavy atom. The number of hydrogen-bond donors (Lipinski definition) is 0. The predicted octanol–water partition coefficient (Wildman–Crippen LogP) is 1.09. The Bertz CT molecular complexity index is 367. The third-order valence-electron chi connectivity index (χ3n) is 2.62. The van der Waals surface area contributed by atoms with Gasteiger partial charge in [0, 0.05) is 19.6 Å². The van der Waals surface area contributed by atoms with Gasteiger partial charge in [-0.05, 0) is 19.2 Å². The molecule has 1 heterocycles. The van der Waals surface area contributed by atoms with E-state index in [-0.39, 0.29) is 5.97 Å². The van der Waals surface area contributed by atoms with E-state index in [0.717, 1.165) is 13.1 Å².